The van der Waals surface area contributed by atoms with E-state index in [1.54, 1.807) is 0 Å². The first kappa shape index (κ1) is 24.7. The quantitative estimate of drug-likeness (QED) is 0.299. The number of rotatable bonds is 2. The number of aromatic nitrogens is 3. The second kappa shape index (κ2) is 7.85. The Bertz CT molecular complexity index is 1120. The van der Waals surface area contributed by atoms with Gasteiger partial charge in [-0.3, -0.25) is 0 Å². The first-order valence-electron chi connectivity index (χ1n) is 11.1. The predicted molar refractivity (Wildman–Crippen MR) is 128 cm³/mol. The fraction of sp³-hybridized carbons (Fsp3) is 0.464. The van der Waals surface area contributed by atoms with Crippen molar-refractivity contribution in [2.75, 3.05) is 0 Å². The molecule has 1 aromatic carbocycles. The van der Waals surface area contributed by atoms with Gasteiger partial charge in [-0.15, -0.1) is 34.9 Å². The monoisotopic (exact) mass is 605 g/mol. The van der Waals surface area contributed by atoms with Gasteiger partial charge >= 0.3 is 0 Å². The van der Waals surface area contributed by atoms with Gasteiger partial charge in [-0.2, -0.15) is 0 Å². The van der Waals surface area contributed by atoms with Crippen molar-refractivity contribution in [3.63, 3.8) is 0 Å². The fourth-order valence-corrected chi connectivity index (χ4v) is 4.72. The Hall–Kier alpha value is -1.90. The third kappa shape index (κ3) is 3.66. The van der Waals surface area contributed by atoms with Crippen molar-refractivity contribution in [1.82, 2.24) is 15.0 Å². The molecular formula is C28H34IrN3-. The molecule has 3 aromatic rings. The van der Waals surface area contributed by atoms with Gasteiger partial charge in [0, 0.05) is 55.2 Å². The number of benzene rings is 1. The second-order valence-electron chi connectivity index (χ2n) is 11.5. The summed E-state index contributed by atoms with van der Waals surface area (Å²) in [4.78, 5) is 13.8. The summed E-state index contributed by atoms with van der Waals surface area (Å²) < 4.78 is 0. The Balaban J connectivity index is 0.00000289. The van der Waals surface area contributed by atoms with Crippen LogP contribution in [0.5, 0.6) is 0 Å². The van der Waals surface area contributed by atoms with Crippen molar-refractivity contribution in [3.05, 3.63) is 65.9 Å². The zero-order chi connectivity index (χ0) is 22.8. The van der Waals surface area contributed by atoms with Gasteiger partial charge in [0.1, 0.15) is 5.82 Å². The topological polar surface area (TPSA) is 38.7 Å². The molecule has 1 radical (unpaired) electrons. The molecule has 171 valence electrons. The number of fused-ring (bicyclic) bond motifs is 1. The summed E-state index contributed by atoms with van der Waals surface area (Å²) in [5, 5.41) is 0. The van der Waals surface area contributed by atoms with Gasteiger partial charge in [-0.1, -0.05) is 74.4 Å². The van der Waals surface area contributed by atoms with Crippen molar-refractivity contribution in [2.45, 2.75) is 78.6 Å². The van der Waals surface area contributed by atoms with Gasteiger partial charge in [0.15, 0.2) is 0 Å². The molecule has 0 unspecified atom stereocenters. The third-order valence-corrected chi connectivity index (χ3v) is 8.12. The van der Waals surface area contributed by atoms with Gasteiger partial charge in [0.05, 0.1) is 0 Å². The van der Waals surface area contributed by atoms with E-state index >= 15 is 0 Å². The standard InChI is InChI=1S/C28H34N3.Ir/c1-25(2,3)24-30-16-20(17-31-24)19-11-13-23(29-15-19)18-10-12-21-22(14-18)27(6,7)28(8,9)26(21,4)5;/h11-17H,1-9H3;/q-1;. The minimum atomic E-state index is -0.0546. The van der Waals surface area contributed by atoms with Gasteiger partial charge in [-0.25, -0.2) is 9.97 Å². The average molecular weight is 605 g/mol. The van der Waals surface area contributed by atoms with Gasteiger partial charge in [0.2, 0.25) is 0 Å². The number of pyridine rings is 1. The van der Waals surface area contributed by atoms with E-state index in [-0.39, 0.29) is 41.8 Å². The van der Waals surface area contributed by atoms with E-state index in [4.69, 9.17) is 4.98 Å². The van der Waals surface area contributed by atoms with E-state index in [2.05, 4.69) is 103 Å². The Labute approximate surface area is 206 Å². The molecule has 0 saturated carbocycles. The molecule has 32 heavy (non-hydrogen) atoms. The zero-order valence-corrected chi connectivity index (χ0v) is 23.1. The van der Waals surface area contributed by atoms with Crippen LogP contribution in [0.3, 0.4) is 0 Å². The van der Waals surface area contributed by atoms with E-state index in [1.165, 1.54) is 11.1 Å². The zero-order valence-electron chi connectivity index (χ0n) is 20.7. The molecule has 0 N–H and O–H groups in total. The molecular weight excluding hydrogens is 571 g/mol. The molecule has 0 fully saturated rings. The summed E-state index contributed by atoms with van der Waals surface area (Å²) >= 11 is 0. The van der Waals surface area contributed by atoms with E-state index in [0.717, 1.165) is 28.2 Å². The van der Waals surface area contributed by atoms with E-state index in [0.29, 0.717) is 0 Å². The molecule has 3 nitrogen and oxygen atoms in total. The summed E-state index contributed by atoms with van der Waals surface area (Å²) in [6.07, 6.45) is 5.68. The number of hydrogen-bond acceptors (Lipinski definition) is 3. The fourth-order valence-electron chi connectivity index (χ4n) is 4.72. The average Bonchev–Trinajstić information content (AvgIpc) is 2.82. The SMILES string of the molecule is CC(C)(C)c1ncc(-c2ccc(-c3[c-]cc4c(c3)C(C)(C)C(C)(C)C4(C)C)nc2)cn1.[Ir]. The van der Waals surface area contributed by atoms with Crippen LogP contribution in [0.2, 0.25) is 0 Å². The minimum Gasteiger partial charge on any atom is -0.304 e. The molecule has 2 aromatic heterocycles. The van der Waals surface area contributed by atoms with Crippen molar-refractivity contribution in [3.8, 4) is 22.4 Å². The minimum absolute atomic E-state index is 0. The summed E-state index contributed by atoms with van der Waals surface area (Å²) in [5.41, 5.74) is 7.06. The van der Waals surface area contributed by atoms with Crippen molar-refractivity contribution < 1.29 is 20.1 Å². The van der Waals surface area contributed by atoms with E-state index in [1.807, 2.05) is 18.6 Å². The van der Waals surface area contributed by atoms with Crippen LogP contribution in [-0.2, 0) is 36.4 Å². The van der Waals surface area contributed by atoms with Gasteiger partial charge < -0.3 is 4.98 Å². The Morgan fingerprint density at radius 2 is 1.31 bits per heavy atom. The van der Waals surface area contributed by atoms with Crippen molar-refractivity contribution in [1.29, 1.82) is 0 Å². The molecule has 0 atom stereocenters. The van der Waals surface area contributed by atoms with Crippen LogP contribution in [0, 0.1) is 11.5 Å². The first-order chi connectivity index (χ1) is 14.3. The van der Waals surface area contributed by atoms with Crippen LogP contribution >= 0.6 is 0 Å². The Kier molecular flexibility index (Phi) is 6.07. The summed E-state index contributed by atoms with van der Waals surface area (Å²) in [7, 11) is 0. The first-order valence-corrected chi connectivity index (χ1v) is 11.1. The molecule has 0 amide bonds. The third-order valence-electron chi connectivity index (χ3n) is 8.12. The molecule has 2 heterocycles. The normalized spacial score (nSPS) is 18.0. The largest absolute Gasteiger partial charge is 0.304 e. The summed E-state index contributed by atoms with van der Waals surface area (Å²) in [5.74, 6) is 0.849. The van der Waals surface area contributed by atoms with Gasteiger partial charge in [0.25, 0.3) is 0 Å². The predicted octanol–water partition coefficient (Wildman–Crippen LogP) is 6.90. The molecule has 0 saturated heterocycles. The number of hydrogen-bond donors (Lipinski definition) is 0. The molecule has 1 aliphatic rings. The van der Waals surface area contributed by atoms with Crippen LogP contribution in [0.25, 0.3) is 22.4 Å². The van der Waals surface area contributed by atoms with Crippen LogP contribution in [0.1, 0.15) is 79.3 Å². The molecule has 0 spiro atoms. The van der Waals surface area contributed by atoms with Crippen LogP contribution in [0.4, 0.5) is 0 Å². The van der Waals surface area contributed by atoms with E-state index in [9.17, 15) is 0 Å². The van der Waals surface area contributed by atoms with E-state index < -0.39 is 0 Å². The second-order valence-corrected chi connectivity index (χ2v) is 11.5. The molecule has 4 heteroatoms. The summed E-state index contributed by atoms with van der Waals surface area (Å²) in [6.45, 7) is 20.6. The molecule has 4 rings (SSSR count). The Morgan fingerprint density at radius 3 is 1.84 bits per heavy atom. The van der Waals surface area contributed by atoms with Crippen molar-refractivity contribution >= 4 is 0 Å². The smallest absolute Gasteiger partial charge is 0.133 e. The maximum Gasteiger partial charge on any atom is 0.133 e. The molecule has 0 bridgehead atoms. The van der Waals surface area contributed by atoms with Crippen LogP contribution in [0.15, 0.2) is 42.9 Å². The van der Waals surface area contributed by atoms with Crippen LogP contribution < -0.4 is 0 Å². The van der Waals surface area contributed by atoms with Crippen LogP contribution in [-0.4, -0.2) is 15.0 Å². The van der Waals surface area contributed by atoms with Gasteiger partial charge in [-0.05, 0) is 21.9 Å². The van der Waals surface area contributed by atoms with Crippen molar-refractivity contribution in [2.24, 2.45) is 5.41 Å². The maximum atomic E-state index is 4.76. The maximum absolute atomic E-state index is 4.76. The summed E-state index contributed by atoms with van der Waals surface area (Å²) in [6, 6.07) is 12.2. The molecule has 0 aliphatic heterocycles. The molecule has 1 aliphatic carbocycles. The Morgan fingerprint density at radius 1 is 0.750 bits per heavy atom. The number of nitrogens with zero attached hydrogens (tertiary/aromatic N) is 3.